The van der Waals surface area contributed by atoms with Crippen molar-refractivity contribution >= 4 is 56.6 Å². The lowest BCUT2D eigenvalue weighted by Crippen LogP contribution is -2.14. The van der Waals surface area contributed by atoms with Crippen molar-refractivity contribution in [3.63, 3.8) is 0 Å². The topological polar surface area (TPSA) is 84.5 Å². The normalized spacial score (nSPS) is 11.4. The molecule has 0 aliphatic heterocycles. The van der Waals surface area contributed by atoms with Crippen LogP contribution >= 0.6 is 23.2 Å². The Labute approximate surface area is 196 Å². The lowest BCUT2D eigenvalue weighted by molar-refractivity contribution is -0.111. The SMILES string of the molecule is COc1ccc(C)cc1NS(=O)(=O)c1ccc(NC(=O)/C=C/c2ccc(Cl)cc2Cl)cc1. The Hall–Kier alpha value is -3.00. The highest BCUT2D eigenvalue weighted by Gasteiger charge is 2.17. The maximum atomic E-state index is 12.7. The molecular formula is C23H20Cl2N2O4S. The summed E-state index contributed by atoms with van der Waals surface area (Å²) in [7, 11) is -2.38. The van der Waals surface area contributed by atoms with Crippen molar-refractivity contribution in [2.45, 2.75) is 11.8 Å². The highest BCUT2D eigenvalue weighted by molar-refractivity contribution is 7.92. The molecule has 166 valence electrons. The van der Waals surface area contributed by atoms with Crippen molar-refractivity contribution in [1.29, 1.82) is 0 Å². The number of anilines is 2. The number of aryl methyl sites for hydroxylation is 1. The average Bonchev–Trinajstić information content (AvgIpc) is 2.73. The van der Waals surface area contributed by atoms with Gasteiger partial charge < -0.3 is 10.1 Å². The minimum Gasteiger partial charge on any atom is -0.495 e. The summed E-state index contributed by atoms with van der Waals surface area (Å²) >= 11 is 11.9. The molecule has 0 aromatic heterocycles. The molecular weight excluding hydrogens is 471 g/mol. The van der Waals surface area contributed by atoms with Gasteiger partial charge in [0.05, 0.1) is 17.7 Å². The standard InChI is InChI=1S/C23H20Cl2N2O4S/c1-15-3-11-22(31-2)21(13-15)27-32(29,30)19-9-7-18(8-10-19)26-23(28)12-5-16-4-6-17(24)14-20(16)25/h3-14,27H,1-2H3,(H,26,28)/b12-5+. The van der Waals surface area contributed by atoms with Crippen molar-refractivity contribution in [1.82, 2.24) is 0 Å². The summed E-state index contributed by atoms with van der Waals surface area (Å²) in [4.78, 5) is 12.2. The molecule has 0 spiro atoms. The first-order chi connectivity index (χ1) is 15.2. The van der Waals surface area contributed by atoms with E-state index in [1.54, 1.807) is 36.4 Å². The van der Waals surface area contributed by atoms with Crippen molar-refractivity contribution in [3.8, 4) is 5.75 Å². The molecule has 0 saturated carbocycles. The number of carbonyl (C=O) groups is 1. The average molecular weight is 491 g/mol. The number of carbonyl (C=O) groups excluding carboxylic acids is 1. The van der Waals surface area contributed by atoms with Crippen LogP contribution in [-0.2, 0) is 14.8 Å². The Bertz CT molecular complexity index is 1270. The highest BCUT2D eigenvalue weighted by atomic mass is 35.5. The van der Waals surface area contributed by atoms with Crippen LogP contribution in [0.15, 0.2) is 71.6 Å². The first kappa shape index (κ1) is 23.7. The van der Waals surface area contributed by atoms with E-state index in [4.69, 9.17) is 27.9 Å². The van der Waals surface area contributed by atoms with Crippen LogP contribution in [-0.4, -0.2) is 21.4 Å². The molecule has 0 heterocycles. The number of rotatable bonds is 7. The van der Waals surface area contributed by atoms with E-state index >= 15 is 0 Å². The maximum absolute atomic E-state index is 12.7. The molecule has 0 atom stereocenters. The van der Waals surface area contributed by atoms with Crippen LogP contribution in [0, 0.1) is 6.92 Å². The second-order valence-electron chi connectivity index (χ2n) is 6.82. The smallest absolute Gasteiger partial charge is 0.262 e. The molecule has 0 fully saturated rings. The first-order valence-electron chi connectivity index (χ1n) is 9.39. The van der Waals surface area contributed by atoms with E-state index in [1.165, 1.54) is 37.5 Å². The molecule has 3 aromatic rings. The van der Waals surface area contributed by atoms with E-state index in [0.29, 0.717) is 32.7 Å². The van der Waals surface area contributed by atoms with Crippen LogP contribution in [0.25, 0.3) is 6.08 Å². The Morgan fingerprint density at radius 1 is 1.00 bits per heavy atom. The van der Waals surface area contributed by atoms with Crippen molar-refractivity contribution in [2.24, 2.45) is 0 Å². The van der Waals surface area contributed by atoms with Gasteiger partial charge in [-0.2, -0.15) is 0 Å². The molecule has 3 aromatic carbocycles. The molecule has 32 heavy (non-hydrogen) atoms. The lowest BCUT2D eigenvalue weighted by atomic mass is 10.2. The third kappa shape index (κ3) is 6.03. The number of sulfonamides is 1. The summed E-state index contributed by atoms with van der Waals surface area (Å²) in [6.07, 6.45) is 2.89. The lowest BCUT2D eigenvalue weighted by Gasteiger charge is -2.13. The minimum absolute atomic E-state index is 0.0440. The van der Waals surface area contributed by atoms with E-state index in [0.717, 1.165) is 5.56 Å². The van der Waals surface area contributed by atoms with Gasteiger partial charge in [0, 0.05) is 21.8 Å². The van der Waals surface area contributed by atoms with Gasteiger partial charge in [-0.05, 0) is 72.7 Å². The molecule has 9 heteroatoms. The monoisotopic (exact) mass is 490 g/mol. The summed E-state index contributed by atoms with van der Waals surface area (Å²) in [5, 5.41) is 3.59. The van der Waals surface area contributed by atoms with Crippen LogP contribution in [0.3, 0.4) is 0 Å². The van der Waals surface area contributed by atoms with Gasteiger partial charge in [-0.15, -0.1) is 0 Å². The highest BCUT2D eigenvalue weighted by Crippen LogP contribution is 2.28. The number of halogens is 2. The maximum Gasteiger partial charge on any atom is 0.262 e. The van der Waals surface area contributed by atoms with Crippen LogP contribution < -0.4 is 14.8 Å². The largest absolute Gasteiger partial charge is 0.495 e. The van der Waals surface area contributed by atoms with Gasteiger partial charge in [0.15, 0.2) is 0 Å². The Kier molecular flexibility index (Phi) is 7.45. The second kappa shape index (κ2) is 10.1. The number of benzene rings is 3. The van der Waals surface area contributed by atoms with Gasteiger partial charge in [0.2, 0.25) is 5.91 Å². The van der Waals surface area contributed by atoms with Crippen molar-refractivity contribution in [2.75, 3.05) is 17.1 Å². The first-order valence-corrected chi connectivity index (χ1v) is 11.6. The molecule has 0 bridgehead atoms. The summed E-state index contributed by atoms with van der Waals surface area (Å²) in [6, 6.07) is 16.0. The zero-order valence-corrected chi connectivity index (χ0v) is 19.6. The summed E-state index contributed by atoms with van der Waals surface area (Å²) in [5.41, 5.74) is 2.31. The van der Waals surface area contributed by atoms with E-state index in [-0.39, 0.29) is 4.90 Å². The van der Waals surface area contributed by atoms with Gasteiger partial charge in [-0.25, -0.2) is 8.42 Å². The zero-order chi connectivity index (χ0) is 23.3. The molecule has 2 N–H and O–H groups in total. The number of hydrogen-bond donors (Lipinski definition) is 2. The minimum atomic E-state index is -3.84. The second-order valence-corrected chi connectivity index (χ2v) is 9.35. The van der Waals surface area contributed by atoms with E-state index in [9.17, 15) is 13.2 Å². The fourth-order valence-corrected chi connectivity index (χ4v) is 4.34. The molecule has 0 unspecified atom stereocenters. The molecule has 0 aliphatic carbocycles. The summed E-state index contributed by atoms with van der Waals surface area (Å²) in [5.74, 6) is 0.0184. The number of methoxy groups -OCH3 is 1. The van der Waals surface area contributed by atoms with E-state index in [2.05, 4.69) is 10.0 Å². The molecule has 0 saturated heterocycles. The number of nitrogens with one attached hydrogen (secondary N) is 2. The fourth-order valence-electron chi connectivity index (χ4n) is 2.81. The van der Waals surface area contributed by atoms with Gasteiger partial charge in [-0.3, -0.25) is 9.52 Å². The van der Waals surface area contributed by atoms with Crippen LogP contribution in [0.5, 0.6) is 5.75 Å². The fraction of sp³-hybridized carbons (Fsp3) is 0.0870. The number of hydrogen-bond acceptors (Lipinski definition) is 4. The van der Waals surface area contributed by atoms with Crippen molar-refractivity contribution < 1.29 is 17.9 Å². The predicted molar refractivity (Wildman–Crippen MR) is 129 cm³/mol. The van der Waals surface area contributed by atoms with Gasteiger partial charge in [-0.1, -0.05) is 35.3 Å². The molecule has 6 nitrogen and oxygen atoms in total. The van der Waals surface area contributed by atoms with Crippen molar-refractivity contribution in [3.05, 3.63) is 87.9 Å². The molecule has 0 radical (unpaired) electrons. The van der Waals surface area contributed by atoms with Gasteiger partial charge in [0.25, 0.3) is 10.0 Å². The zero-order valence-electron chi connectivity index (χ0n) is 17.2. The van der Waals surface area contributed by atoms with Gasteiger partial charge in [0.1, 0.15) is 5.75 Å². The molecule has 3 rings (SSSR count). The Morgan fingerprint density at radius 2 is 1.72 bits per heavy atom. The predicted octanol–water partition coefficient (Wildman–Crippen LogP) is 5.76. The van der Waals surface area contributed by atoms with Crippen LogP contribution in [0.1, 0.15) is 11.1 Å². The number of amides is 1. The summed E-state index contributed by atoms with van der Waals surface area (Å²) in [6.45, 7) is 1.85. The van der Waals surface area contributed by atoms with Crippen LogP contribution in [0.4, 0.5) is 11.4 Å². The Balaban J connectivity index is 1.69. The third-order valence-corrected chi connectivity index (χ3v) is 6.35. The van der Waals surface area contributed by atoms with E-state index < -0.39 is 15.9 Å². The number of ether oxygens (including phenoxy) is 1. The molecule has 0 aliphatic rings. The Morgan fingerprint density at radius 3 is 2.38 bits per heavy atom. The van der Waals surface area contributed by atoms with Crippen LogP contribution in [0.2, 0.25) is 10.0 Å². The third-order valence-electron chi connectivity index (χ3n) is 4.41. The summed E-state index contributed by atoms with van der Waals surface area (Å²) < 4.78 is 33.2. The van der Waals surface area contributed by atoms with Gasteiger partial charge >= 0.3 is 0 Å². The molecule has 1 amide bonds. The van der Waals surface area contributed by atoms with E-state index in [1.807, 2.05) is 13.0 Å². The quantitative estimate of drug-likeness (QED) is 0.412.